The van der Waals surface area contributed by atoms with Gasteiger partial charge in [0.25, 0.3) is 0 Å². The van der Waals surface area contributed by atoms with Crippen LogP contribution in [-0.2, 0) is 4.79 Å². The van der Waals surface area contributed by atoms with Gasteiger partial charge in [-0.15, -0.1) is 0 Å². The molecule has 0 spiro atoms. The zero-order chi connectivity index (χ0) is 27.5. The van der Waals surface area contributed by atoms with E-state index >= 15 is 0 Å². The molecule has 8 heteroatoms. The molecule has 8 N–H and O–H groups in total. The second-order valence-corrected chi connectivity index (χ2v) is 8.11. The molecular weight excluding hydrogens is 478 g/mol. The molecule has 8 nitrogen and oxygen atoms in total. The maximum Gasteiger partial charge on any atom is 0.248 e. The highest BCUT2D eigenvalue weighted by Crippen LogP contribution is 2.26. The van der Waals surface area contributed by atoms with Gasteiger partial charge in [0.2, 0.25) is 17.7 Å². The molecule has 190 valence electrons. The van der Waals surface area contributed by atoms with Crippen molar-refractivity contribution in [1.29, 1.82) is 0 Å². The molecular formula is C30H27N5O3. The molecule has 3 aromatic carbocycles. The molecule has 0 saturated heterocycles. The van der Waals surface area contributed by atoms with Crippen molar-refractivity contribution >= 4 is 41.1 Å². The number of nitrogens with zero attached hydrogens (tertiary/aromatic N) is 1. The predicted molar refractivity (Wildman–Crippen MR) is 150 cm³/mol. The van der Waals surface area contributed by atoms with Crippen molar-refractivity contribution in [3.63, 3.8) is 0 Å². The van der Waals surface area contributed by atoms with Gasteiger partial charge < -0.3 is 22.9 Å². The fraction of sp³-hybridized carbons (Fsp3) is 0. The van der Waals surface area contributed by atoms with Crippen LogP contribution in [0.1, 0.15) is 43.1 Å². The van der Waals surface area contributed by atoms with E-state index in [0.717, 1.165) is 28.0 Å². The van der Waals surface area contributed by atoms with Crippen molar-refractivity contribution in [3.8, 4) is 0 Å². The number of nitrogens with two attached hydrogens (primary N) is 4. The maximum atomic E-state index is 11.6. The molecule has 0 saturated carbocycles. The van der Waals surface area contributed by atoms with Crippen LogP contribution >= 0.6 is 0 Å². The smallest absolute Gasteiger partial charge is 0.248 e. The lowest BCUT2D eigenvalue weighted by Crippen LogP contribution is -2.10. The first kappa shape index (κ1) is 27.1. The number of hydrogen-bond donors (Lipinski definition) is 4. The van der Waals surface area contributed by atoms with Crippen molar-refractivity contribution in [2.24, 2.45) is 17.2 Å². The van der Waals surface area contributed by atoms with Crippen LogP contribution in [0.5, 0.6) is 0 Å². The molecule has 4 rings (SSSR count). The number of carbonyl (C=O) groups excluding carboxylic acids is 3. The largest absolute Gasteiger partial charge is 0.399 e. The van der Waals surface area contributed by atoms with E-state index in [1.807, 2.05) is 54.6 Å². The van der Waals surface area contributed by atoms with Crippen molar-refractivity contribution in [2.75, 3.05) is 5.73 Å². The van der Waals surface area contributed by atoms with Crippen LogP contribution < -0.4 is 22.9 Å². The first-order valence-corrected chi connectivity index (χ1v) is 11.5. The van der Waals surface area contributed by atoms with Gasteiger partial charge in [-0.1, -0.05) is 48.5 Å². The summed E-state index contributed by atoms with van der Waals surface area (Å²) in [6, 6.07) is 27.2. The molecule has 0 radical (unpaired) electrons. The van der Waals surface area contributed by atoms with Gasteiger partial charge in [0.05, 0.1) is 5.69 Å². The Kier molecular flexibility index (Phi) is 9.26. The normalized spacial score (nSPS) is 10.9. The third-order valence-electron chi connectivity index (χ3n) is 5.28. The molecule has 1 aromatic heterocycles. The zero-order valence-electron chi connectivity index (χ0n) is 20.5. The van der Waals surface area contributed by atoms with E-state index in [9.17, 15) is 14.4 Å². The van der Waals surface area contributed by atoms with E-state index in [0.29, 0.717) is 16.8 Å². The number of carbonyl (C=O) groups is 3. The van der Waals surface area contributed by atoms with Crippen LogP contribution in [0.3, 0.4) is 0 Å². The fourth-order valence-corrected chi connectivity index (χ4v) is 3.37. The summed E-state index contributed by atoms with van der Waals surface area (Å²) in [5, 5.41) is 0. The Hall–Kier alpha value is -5.50. The summed E-state index contributed by atoms with van der Waals surface area (Å²) in [5.41, 5.74) is 26.7. The molecule has 1 heterocycles. The number of hydrogen-bond acceptors (Lipinski definition) is 5. The van der Waals surface area contributed by atoms with Crippen LogP contribution in [0.2, 0.25) is 0 Å². The Labute approximate surface area is 220 Å². The summed E-state index contributed by atoms with van der Waals surface area (Å²) < 4.78 is 0. The van der Waals surface area contributed by atoms with E-state index in [4.69, 9.17) is 22.9 Å². The summed E-state index contributed by atoms with van der Waals surface area (Å²) in [7, 11) is 0. The Morgan fingerprint density at radius 2 is 1.29 bits per heavy atom. The number of amides is 3. The number of rotatable bonds is 7. The highest BCUT2D eigenvalue weighted by Gasteiger charge is 2.09. The van der Waals surface area contributed by atoms with Gasteiger partial charge in [-0.2, -0.15) is 0 Å². The highest BCUT2D eigenvalue weighted by atomic mass is 16.1. The minimum Gasteiger partial charge on any atom is -0.399 e. The summed E-state index contributed by atoms with van der Waals surface area (Å²) in [4.78, 5) is 37.3. The molecule has 38 heavy (non-hydrogen) atoms. The minimum absolute atomic E-state index is 0.431. The molecule has 0 unspecified atom stereocenters. The van der Waals surface area contributed by atoms with Crippen molar-refractivity contribution in [2.45, 2.75) is 0 Å². The lowest BCUT2D eigenvalue weighted by atomic mass is 9.95. The Bertz CT molecular complexity index is 1480. The molecule has 4 aromatic rings. The van der Waals surface area contributed by atoms with E-state index in [2.05, 4.69) is 4.98 Å². The van der Waals surface area contributed by atoms with Gasteiger partial charge >= 0.3 is 0 Å². The van der Waals surface area contributed by atoms with E-state index in [1.165, 1.54) is 6.08 Å². The first-order chi connectivity index (χ1) is 18.2. The fourth-order valence-electron chi connectivity index (χ4n) is 3.37. The SMILES string of the molecule is NC(=O)/C=C/c1ccc(/C=C(\c2ccccc2)c2cccc(C(N)=O)c2)nc1.NC(=O)c1ccc(N)cc1. The Morgan fingerprint density at radius 1 is 0.658 bits per heavy atom. The molecule has 0 aliphatic heterocycles. The summed E-state index contributed by atoms with van der Waals surface area (Å²) in [6.45, 7) is 0. The number of anilines is 1. The summed E-state index contributed by atoms with van der Waals surface area (Å²) in [6.07, 6.45) is 6.50. The topological polar surface area (TPSA) is 168 Å². The van der Waals surface area contributed by atoms with Crippen LogP contribution in [0.4, 0.5) is 5.69 Å². The van der Waals surface area contributed by atoms with Gasteiger partial charge in [-0.05, 0) is 76.9 Å². The van der Waals surface area contributed by atoms with E-state index < -0.39 is 17.7 Å². The van der Waals surface area contributed by atoms with Gasteiger partial charge in [0, 0.05) is 29.1 Å². The number of pyridine rings is 1. The van der Waals surface area contributed by atoms with Gasteiger partial charge in [0.1, 0.15) is 0 Å². The summed E-state index contributed by atoms with van der Waals surface area (Å²) in [5.74, 6) is -1.41. The zero-order valence-corrected chi connectivity index (χ0v) is 20.5. The second kappa shape index (κ2) is 13.0. The minimum atomic E-state index is -0.510. The number of aromatic nitrogens is 1. The lowest BCUT2D eigenvalue weighted by molar-refractivity contribution is -0.113. The highest BCUT2D eigenvalue weighted by molar-refractivity contribution is 5.97. The number of primary amides is 3. The van der Waals surface area contributed by atoms with Crippen LogP contribution in [0, 0.1) is 0 Å². The van der Waals surface area contributed by atoms with Crippen molar-refractivity contribution < 1.29 is 14.4 Å². The van der Waals surface area contributed by atoms with Crippen LogP contribution in [-0.4, -0.2) is 22.7 Å². The van der Waals surface area contributed by atoms with E-state index in [-0.39, 0.29) is 0 Å². The Balaban J connectivity index is 0.000000336. The molecule has 0 atom stereocenters. The van der Waals surface area contributed by atoms with Crippen molar-refractivity contribution in [3.05, 3.63) is 137 Å². The lowest BCUT2D eigenvalue weighted by Gasteiger charge is -2.10. The third kappa shape index (κ3) is 8.03. The molecule has 0 aliphatic carbocycles. The average Bonchev–Trinajstić information content (AvgIpc) is 2.92. The summed E-state index contributed by atoms with van der Waals surface area (Å²) >= 11 is 0. The van der Waals surface area contributed by atoms with Gasteiger partial charge in [-0.25, -0.2) is 0 Å². The average molecular weight is 506 g/mol. The standard InChI is InChI=1S/C23H19N3O2.C7H8N2O/c24-22(27)12-10-16-9-11-20(26-15-16)14-21(17-5-2-1-3-6-17)18-7-4-8-19(13-18)23(25)28;8-6-3-1-5(2-4-6)7(9)10/h1-15H,(H2,24,27)(H2,25,28);1-4H,8H2,(H2,9,10)/b12-10+,21-14+;. The second-order valence-electron chi connectivity index (χ2n) is 8.11. The predicted octanol–water partition coefficient (Wildman–Crippen LogP) is 3.64. The number of benzene rings is 3. The van der Waals surface area contributed by atoms with Crippen LogP contribution in [0.25, 0.3) is 17.7 Å². The molecule has 0 bridgehead atoms. The third-order valence-corrected chi connectivity index (χ3v) is 5.28. The van der Waals surface area contributed by atoms with Gasteiger partial charge in [-0.3, -0.25) is 19.4 Å². The first-order valence-electron chi connectivity index (χ1n) is 11.5. The quantitative estimate of drug-likeness (QED) is 0.222. The Morgan fingerprint density at radius 3 is 1.87 bits per heavy atom. The molecule has 0 fully saturated rings. The van der Waals surface area contributed by atoms with Crippen LogP contribution in [0.15, 0.2) is 103 Å². The van der Waals surface area contributed by atoms with E-state index in [1.54, 1.807) is 54.7 Å². The maximum absolute atomic E-state index is 11.6. The molecule has 0 aliphatic rings. The van der Waals surface area contributed by atoms with Gasteiger partial charge in [0.15, 0.2) is 0 Å². The monoisotopic (exact) mass is 505 g/mol. The molecule has 3 amide bonds. The number of nitrogen functional groups attached to an aromatic ring is 1. The van der Waals surface area contributed by atoms with Crippen molar-refractivity contribution in [1.82, 2.24) is 4.98 Å².